The van der Waals surface area contributed by atoms with Crippen molar-refractivity contribution in [1.82, 2.24) is 9.88 Å². The smallest absolute Gasteiger partial charge is 0.255 e. The number of benzene rings is 3. The Hall–Kier alpha value is -3.70. The summed E-state index contributed by atoms with van der Waals surface area (Å²) in [7, 11) is 0. The molecule has 0 spiro atoms. The molecule has 0 saturated carbocycles. The number of carbonyl (C=O) groups is 1. The highest BCUT2D eigenvalue weighted by Gasteiger charge is 2.22. The molecule has 0 fully saturated rings. The maximum absolute atomic E-state index is 13.2. The molecule has 0 aliphatic carbocycles. The van der Waals surface area contributed by atoms with Crippen LogP contribution in [-0.4, -0.2) is 28.9 Å². The first-order chi connectivity index (χ1) is 17.2. The zero-order valence-electron chi connectivity index (χ0n) is 20.5. The van der Waals surface area contributed by atoms with Crippen LogP contribution in [0.15, 0.2) is 72.9 Å². The van der Waals surface area contributed by atoms with E-state index in [0.29, 0.717) is 0 Å². The van der Waals surface area contributed by atoms with E-state index in [1.807, 2.05) is 50.4 Å². The third-order valence-electron chi connectivity index (χ3n) is 6.80. The molecule has 0 bridgehead atoms. The van der Waals surface area contributed by atoms with E-state index in [4.69, 9.17) is 0 Å². The van der Waals surface area contributed by atoms with Crippen LogP contribution in [0.25, 0.3) is 10.9 Å². The van der Waals surface area contributed by atoms with Crippen LogP contribution in [0.3, 0.4) is 0 Å². The van der Waals surface area contributed by atoms with Crippen LogP contribution < -0.4 is 10.6 Å². The van der Waals surface area contributed by atoms with E-state index in [-0.39, 0.29) is 5.91 Å². The fourth-order valence-corrected chi connectivity index (χ4v) is 5.12. The van der Waals surface area contributed by atoms with Crippen LogP contribution in [0.1, 0.15) is 46.5 Å². The molecule has 0 atom stereocenters. The third kappa shape index (κ3) is 4.77. The molecule has 2 aliphatic rings. The van der Waals surface area contributed by atoms with Crippen molar-refractivity contribution in [3.8, 4) is 0 Å². The lowest BCUT2D eigenvalue weighted by molar-refractivity contribution is 0.102. The van der Waals surface area contributed by atoms with Crippen molar-refractivity contribution in [2.24, 2.45) is 0 Å². The maximum atomic E-state index is 13.2. The van der Waals surface area contributed by atoms with E-state index in [1.54, 1.807) is 0 Å². The fourth-order valence-electron chi connectivity index (χ4n) is 5.12. The quantitative estimate of drug-likeness (QED) is 0.387. The molecule has 0 radical (unpaired) electrons. The molecular weight excluding hydrogens is 432 g/mol. The van der Waals surface area contributed by atoms with Crippen LogP contribution in [0.5, 0.6) is 0 Å². The van der Waals surface area contributed by atoms with Crippen LogP contribution in [0, 0.1) is 0 Å². The molecule has 2 N–H and O–H groups in total. The highest BCUT2D eigenvalue weighted by Crippen LogP contribution is 2.28. The van der Waals surface area contributed by atoms with Gasteiger partial charge in [0.1, 0.15) is 0 Å². The first-order valence-electron chi connectivity index (χ1n) is 12.6. The number of para-hydroxylation sites is 1. The van der Waals surface area contributed by atoms with E-state index in [9.17, 15) is 4.79 Å². The molecule has 0 unspecified atom stereocenters. The number of aromatic nitrogens is 1. The number of anilines is 2. The highest BCUT2D eigenvalue weighted by molar-refractivity contribution is 6.05. The largest absolute Gasteiger partial charge is 0.384 e. The molecule has 6 rings (SSSR count). The summed E-state index contributed by atoms with van der Waals surface area (Å²) in [6.45, 7) is 7.61. The summed E-state index contributed by atoms with van der Waals surface area (Å²) in [5.41, 5.74) is 8.81. The Morgan fingerprint density at radius 3 is 2.80 bits per heavy atom. The lowest BCUT2D eigenvalue weighted by atomic mass is 9.93. The van der Waals surface area contributed by atoms with Crippen LogP contribution in [0.2, 0.25) is 0 Å². The first-order valence-corrected chi connectivity index (χ1v) is 12.6. The average Bonchev–Trinajstić information content (AvgIpc) is 3.38. The lowest BCUT2D eigenvalue weighted by Gasteiger charge is -2.30. The second-order valence-corrected chi connectivity index (χ2v) is 8.89. The van der Waals surface area contributed by atoms with Gasteiger partial charge >= 0.3 is 0 Å². The monoisotopic (exact) mass is 464 g/mol. The molecule has 4 aromatic rings. The Morgan fingerprint density at radius 1 is 1.00 bits per heavy atom. The number of carbonyl (C=O) groups excluding carboxylic acids is 1. The van der Waals surface area contributed by atoms with Crippen molar-refractivity contribution in [2.45, 2.75) is 39.8 Å². The van der Waals surface area contributed by atoms with Crippen molar-refractivity contribution in [3.63, 3.8) is 0 Å². The Labute approximate surface area is 207 Å². The zero-order valence-corrected chi connectivity index (χ0v) is 20.5. The van der Waals surface area contributed by atoms with Crippen molar-refractivity contribution >= 4 is 28.2 Å². The van der Waals surface area contributed by atoms with Gasteiger partial charge < -0.3 is 10.6 Å². The number of hydrogen-bond donors (Lipinski definition) is 2. The summed E-state index contributed by atoms with van der Waals surface area (Å²) in [6, 6.07) is 22.7. The molecular formula is C30H32N4O. The van der Waals surface area contributed by atoms with E-state index >= 15 is 0 Å². The summed E-state index contributed by atoms with van der Waals surface area (Å²) in [6.07, 6.45) is 3.81. The van der Waals surface area contributed by atoms with E-state index in [0.717, 1.165) is 61.5 Å². The van der Waals surface area contributed by atoms with Gasteiger partial charge in [-0.3, -0.25) is 14.7 Å². The van der Waals surface area contributed by atoms with Gasteiger partial charge in [-0.2, -0.15) is 0 Å². The standard InChI is InChI=1S/C28H26N4O.C2H6/c33-28(31-22-9-8-19-10-13-30-27(19)16-22)25-6-3-4-20-17-32(15-12-23(20)25)18-21-11-14-29-26-7-2-1-5-24(21)26;1-2/h1-9,11,14,16,30H,10,12-13,15,17-18H2,(H,31,33);1-2H3. The van der Waals surface area contributed by atoms with Crippen molar-refractivity contribution < 1.29 is 4.79 Å². The van der Waals surface area contributed by atoms with Gasteiger partial charge in [-0.05, 0) is 65.4 Å². The van der Waals surface area contributed by atoms with Gasteiger partial charge in [-0.1, -0.05) is 50.2 Å². The molecule has 3 heterocycles. The van der Waals surface area contributed by atoms with Gasteiger partial charge in [0.25, 0.3) is 5.91 Å². The average molecular weight is 465 g/mol. The predicted octanol–water partition coefficient (Wildman–Crippen LogP) is 6.04. The molecule has 2 aliphatic heterocycles. The Balaban J connectivity index is 0.00000124. The van der Waals surface area contributed by atoms with Gasteiger partial charge in [-0.25, -0.2) is 0 Å². The fraction of sp³-hybridized carbons (Fsp3) is 0.267. The molecule has 5 nitrogen and oxygen atoms in total. The number of nitrogens with zero attached hydrogens (tertiary/aromatic N) is 2. The minimum Gasteiger partial charge on any atom is -0.384 e. The SMILES string of the molecule is CC.O=C(Nc1ccc2c(c1)NCC2)c1cccc2c1CCN(Cc1ccnc3ccccc13)C2. The molecule has 3 aromatic carbocycles. The van der Waals surface area contributed by atoms with Gasteiger partial charge in [0.05, 0.1) is 5.52 Å². The van der Waals surface area contributed by atoms with Crippen LogP contribution in [-0.2, 0) is 25.9 Å². The third-order valence-corrected chi connectivity index (χ3v) is 6.80. The second kappa shape index (κ2) is 10.3. The van der Waals surface area contributed by atoms with Crippen molar-refractivity contribution in [2.75, 3.05) is 23.7 Å². The number of pyridine rings is 1. The van der Waals surface area contributed by atoms with Gasteiger partial charge in [-0.15, -0.1) is 0 Å². The Morgan fingerprint density at radius 2 is 1.89 bits per heavy atom. The number of nitrogens with one attached hydrogen (secondary N) is 2. The summed E-state index contributed by atoms with van der Waals surface area (Å²) < 4.78 is 0. The number of amides is 1. The number of hydrogen-bond acceptors (Lipinski definition) is 4. The lowest BCUT2D eigenvalue weighted by Crippen LogP contribution is -2.31. The minimum atomic E-state index is -0.0293. The summed E-state index contributed by atoms with van der Waals surface area (Å²) in [4.78, 5) is 20.1. The number of rotatable bonds is 4. The molecule has 1 amide bonds. The molecule has 35 heavy (non-hydrogen) atoms. The minimum absolute atomic E-state index is 0.0293. The first kappa shape index (κ1) is 23.1. The number of fused-ring (bicyclic) bond motifs is 3. The van der Waals surface area contributed by atoms with E-state index in [1.165, 1.54) is 27.6 Å². The van der Waals surface area contributed by atoms with Crippen LogP contribution in [0.4, 0.5) is 11.4 Å². The van der Waals surface area contributed by atoms with Crippen molar-refractivity contribution in [3.05, 3.63) is 101 Å². The van der Waals surface area contributed by atoms with E-state index < -0.39 is 0 Å². The van der Waals surface area contributed by atoms with Crippen molar-refractivity contribution in [1.29, 1.82) is 0 Å². The summed E-state index contributed by atoms with van der Waals surface area (Å²) >= 11 is 0. The van der Waals surface area contributed by atoms with Gasteiger partial charge in [0, 0.05) is 54.7 Å². The highest BCUT2D eigenvalue weighted by atomic mass is 16.1. The maximum Gasteiger partial charge on any atom is 0.255 e. The molecule has 5 heteroatoms. The zero-order chi connectivity index (χ0) is 24.2. The summed E-state index contributed by atoms with van der Waals surface area (Å²) in [5, 5.41) is 7.70. The Kier molecular flexibility index (Phi) is 6.77. The molecule has 1 aromatic heterocycles. The topological polar surface area (TPSA) is 57.3 Å². The Bertz CT molecular complexity index is 1360. The second-order valence-electron chi connectivity index (χ2n) is 8.89. The molecule has 178 valence electrons. The van der Waals surface area contributed by atoms with E-state index in [2.05, 4.69) is 56.9 Å². The molecule has 0 saturated heterocycles. The predicted molar refractivity (Wildman–Crippen MR) is 144 cm³/mol. The normalized spacial score (nSPS) is 14.3. The van der Waals surface area contributed by atoms with Gasteiger partial charge in [0.15, 0.2) is 0 Å². The summed E-state index contributed by atoms with van der Waals surface area (Å²) in [5.74, 6) is -0.0293. The van der Waals surface area contributed by atoms with Gasteiger partial charge in [0.2, 0.25) is 0 Å². The van der Waals surface area contributed by atoms with Crippen LogP contribution >= 0.6 is 0 Å².